The van der Waals surface area contributed by atoms with E-state index in [1.807, 2.05) is 50.2 Å². The molecule has 2 rings (SSSR count). The minimum Gasteiger partial charge on any atom is -0.496 e. The number of methoxy groups -OCH3 is 2. The van der Waals surface area contributed by atoms with Gasteiger partial charge in [-0.3, -0.25) is 4.79 Å². The van der Waals surface area contributed by atoms with E-state index >= 15 is 0 Å². The van der Waals surface area contributed by atoms with Gasteiger partial charge in [0.1, 0.15) is 11.5 Å². The molecule has 1 N–H and O–H groups in total. The zero-order valence-corrected chi connectivity index (χ0v) is 15.5. The second kappa shape index (κ2) is 9.58. The van der Waals surface area contributed by atoms with Crippen LogP contribution in [0, 0.1) is 13.8 Å². The van der Waals surface area contributed by atoms with Crippen molar-refractivity contribution in [2.24, 2.45) is 5.10 Å². The maximum Gasteiger partial charge on any atom is 0.277 e. The fraction of sp³-hybridized carbons (Fsp3) is 0.300. The summed E-state index contributed by atoms with van der Waals surface area (Å²) in [5.74, 6) is 1.12. The smallest absolute Gasteiger partial charge is 0.277 e. The Bertz CT molecular complexity index is 787. The third kappa shape index (κ3) is 5.32. The molecule has 0 unspecified atom stereocenters. The number of carbonyl (C=O) groups excluding carboxylic acids is 1. The highest BCUT2D eigenvalue weighted by Gasteiger charge is 2.06. The van der Waals surface area contributed by atoms with Crippen molar-refractivity contribution in [2.45, 2.75) is 20.5 Å². The van der Waals surface area contributed by atoms with Crippen LogP contribution in [0.5, 0.6) is 11.5 Å². The second-order valence-corrected chi connectivity index (χ2v) is 5.78. The number of carbonyl (C=O) groups is 1. The fourth-order valence-corrected chi connectivity index (χ4v) is 2.38. The van der Waals surface area contributed by atoms with Gasteiger partial charge >= 0.3 is 0 Å². The number of benzene rings is 2. The van der Waals surface area contributed by atoms with Crippen LogP contribution in [-0.4, -0.2) is 32.9 Å². The van der Waals surface area contributed by atoms with Gasteiger partial charge in [-0.1, -0.05) is 12.1 Å². The lowest BCUT2D eigenvalue weighted by atomic mass is 10.1. The van der Waals surface area contributed by atoms with Crippen LogP contribution in [0.25, 0.3) is 0 Å². The molecule has 0 fully saturated rings. The molecule has 2 aromatic rings. The van der Waals surface area contributed by atoms with Gasteiger partial charge in [0, 0.05) is 12.7 Å². The molecule has 6 heteroatoms. The summed E-state index contributed by atoms with van der Waals surface area (Å²) < 4.78 is 16.0. The Morgan fingerprint density at radius 2 is 1.96 bits per heavy atom. The standard InChI is InChI=1S/C20H24N2O4/c1-14-6-5-7-18(15(14)2)26-13-20(23)22-21-11-16-8-9-19(25-4)17(10-16)12-24-3/h5-11H,12-13H2,1-4H3,(H,22,23). The van der Waals surface area contributed by atoms with Gasteiger partial charge in [0.25, 0.3) is 5.91 Å². The van der Waals surface area contributed by atoms with E-state index < -0.39 is 0 Å². The van der Waals surface area contributed by atoms with E-state index in [0.29, 0.717) is 12.4 Å². The molecule has 0 aromatic heterocycles. The van der Waals surface area contributed by atoms with E-state index in [1.165, 1.54) is 0 Å². The molecule has 6 nitrogen and oxygen atoms in total. The lowest BCUT2D eigenvalue weighted by Gasteiger charge is -2.10. The summed E-state index contributed by atoms with van der Waals surface area (Å²) in [6.07, 6.45) is 1.56. The molecular formula is C20H24N2O4. The molecule has 0 radical (unpaired) electrons. The number of rotatable bonds is 8. The molecule has 0 heterocycles. The number of nitrogens with zero attached hydrogens (tertiary/aromatic N) is 1. The van der Waals surface area contributed by atoms with Crippen molar-refractivity contribution < 1.29 is 19.0 Å². The molecule has 0 saturated heterocycles. The second-order valence-electron chi connectivity index (χ2n) is 5.78. The first-order chi connectivity index (χ1) is 12.5. The summed E-state index contributed by atoms with van der Waals surface area (Å²) in [4.78, 5) is 11.9. The van der Waals surface area contributed by atoms with Gasteiger partial charge < -0.3 is 14.2 Å². The Kier molecular flexibility index (Phi) is 7.17. The Morgan fingerprint density at radius 1 is 1.15 bits per heavy atom. The first-order valence-corrected chi connectivity index (χ1v) is 8.22. The molecule has 0 aliphatic rings. The molecule has 1 amide bonds. The van der Waals surface area contributed by atoms with E-state index in [1.54, 1.807) is 20.4 Å². The third-order valence-corrected chi connectivity index (χ3v) is 3.92. The summed E-state index contributed by atoms with van der Waals surface area (Å²) >= 11 is 0. The van der Waals surface area contributed by atoms with Crippen LogP contribution in [0.3, 0.4) is 0 Å². The van der Waals surface area contributed by atoms with Crippen LogP contribution in [-0.2, 0) is 16.1 Å². The zero-order chi connectivity index (χ0) is 18.9. The van der Waals surface area contributed by atoms with Crippen molar-refractivity contribution in [1.82, 2.24) is 5.43 Å². The quantitative estimate of drug-likeness (QED) is 0.583. The monoisotopic (exact) mass is 356 g/mol. The molecule has 0 atom stereocenters. The van der Waals surface area contributed by atoms with Crippen molar-refractivity contribution in [3.8, 4) is 11.5 Å². The fourth-order valence-electron chi connectivity index (χ4n) is 2.38. The van der Waals surface area contributed by atoms with Gasteiger partial charge in [-0.2, -0.15) is 5.10 Å². The topological polar surface area (TPSA) is 69.2 Å². The Balaban J connectivity index is 1.90. The van der Waals surface area contributed by atoms with Crippen molar-refractivity contribution in [3.05, 3.63) is 58.7 Å². The maximum atomic E-state index is 11.9. The molecule has 0 saturated carbocycles. The van der Waals surface area contributed by atoms with Gasteiger partial charge in [-0.25, -0.2) is 5.43 Å². The number of hydrogen-bond donors (Lipinski definition) is 1. The van der Waals surface area contributed by atoms with Crippen LogP contribution in [0.2, 0.25) is 0 Å². The molecule has 0 aliphatic heterocycles. The summed E-state index contributed by atoms with van der Waals surface area (Å²) in [7, 11) is 3.23. The third-order valence-electron chi connectivity index (χ3n) is 3.92. The van der Waals surface area contributed by atoms with Gasteiger partial charge in [0.15, 0.2) is 6.61 Å². The minimum absolute atomic E-state index is 0.0980. The molecule has 26 heavy (non-hydrogen) atoms. The van der Waals surface area contributed by atoms with E-state index in [2.05, 4.69) is 10.5 Å². The van der Waals surface area contributed by atoms with E-state index in [-0.39, 0.29) is 12.5 Å². The van der Waals surface area contributed by atoms with Crippen molar-refractivity contribution in [1.29, 1.82) is 0 Å². The van der Waals surface area contributed by atoms with Gasteiger partial charge in [-0.05, 0) is 54.8 Å². The predicted molar refractivity (Wildman–Crippen MR) is 101 cm³/mol. The number of aryl methyl sites for hydroxylation is 1. The zero-order valence-electron chi connectivity index (χ0n) is 15.5. The van der Waals surface area contributed by atoms with E-state index in [9.17, 15) is 4.79 Å². The van der Waals surface area contributed by atoms with Crippen LogP contribution in [0.4, 0.5) is 0 Å². The number of ether oxygens (including phenoxy) is 3. The highest BCUT2D eigenvalue weighted by atomic mass is 16.5. The molecule has 138 valence electrons. The van der Waals surface area contributed by atoms with Crippen LogP contribution in [0.15, 0.2) is 41.5 Å². The number of hydrazone groups is 1. The SMILES string of the molecule is COCc1cc(C=NNC(=O)COc2cccc(C)c2C)ccc1OC. The molecular weight excluding hydrogens is 332 g/mol. The van der Waals surface area contributed by atoms with Crippen molar-refractivity contribution in [3.63, 3.8) is 0 Å². The largest absolute Gasteiger partial charge is 0.496 e. The Hall–Kier alpha value is -2.86. The number of nitrogens with one attached hydrogen (secondary N) is 1. The van der Waals surface area contributed by atoms with Gasteiger partial charge in [-0.15, -0.1) is 0 Å². The number of hydrogen-bond acceptors (Lipinski definition) is 5. The predicted octanol–water partition coefficient (Wildman–Crippen LogP) is 2.99. The van der Waals surface area contributed by atoms with Crippen molar-refractivity contribution >= 4 is 12.1 Å². The molecule has 0 bridgehead atoms. The lowest BCUT2D eigenvalue weighted by molar-refractivity contribution is -0.123. The van der Waals surface area contributed by atoms with E-state index in [4.69, 9.17) is 14.2 Å². The summed E-state index contributed by atoms with van der Waals surface area (Å²) in [5, 5.41) is 3.96. The Morgan fingerprint density at radius 3 is 2.69 bits per heavy atom. The van der Waals surface area contributed by atoms with Crippen molar-refractivity contribution in [2.75, 3.05) is 20.8 Å². The Labute approximate surface area is 153 Å². The molecule has 0 spiro atoms. The summed E-state index contributed by atoms with van der Waals surface area (Å²) in [5.41, 5.74) is 6.33. The van der Waals surface area contributed by atoms with Gasteiger partial charge in [0.2, 0.25) is 0 Å². The summed E-state index contributed by atoms with van der Waals surface area (Å²) in [6, 6.07) is 11.3. The van der Waals surface area contributed by atoms with Crippen LogP contribution in [0.1, 0.15) is 22.3 Å². The average Bonchev–Trinajstić information content (AvgIpc) is 2.63. The first kappa shape index (κ1) is 19.5. The number of amides is 1. The average molecular weight is 356 g/mol. The van der Waals surface area contributed by atoms with Crippen LogP contribution >= 0.6 is 0 Å². The first-order valence-electron chi connectivity index (χ1n) is 8.22. The normalized spacial score (nSPS) is 10.8. The van der Waals surface area contributed by atoms with Gasteiger partial charge in [0.05, 0.1) is 19.9 Å². The van der Waals surface area contributed by atoms with Crippen LogP contribution < -0.4 is 14.9 Å². The maximum absolute atomic E-state index is 11.9. The minimum atomic E-state index is -0.326. The lowest BCUT2D eigenvalue weighted by Crippen LogP contribution is -2.24. The summed E-state index contributed by atoms with van der Waals surface area (Å²) in [6.45, 7) is 4.29. The molecule has 0 aliphatic carbocycles. The highest BCUT2D eigenvalue weighted by molar-refractivity contribution is 5.83. The molecule has 2 aromatic carbocycles. The highest BCUT2D eigenvalue weighted by Crippen LogP contribution is 2.21. The van der Waals surface area contributed by atoms with E-state index in [0.717, 1.165) is 28.0 Å².